The van der Waals surface area contributed by atoms with Crippen LogP contribution in [0.4, 0.5) is 5.69 Å². The molecule has 22 heavy (non-hydrogen) atoms. The van der Waals surface area contributed by atoms with Crippen molar-refractivity contribution in [3.8, 4) is 0 Å². The Labute approximate surface area is 126 Å². The van der Waals surface area contributed by atoms with Gasteiger partial charge in [-0.05, 0) is 32.0 Å². The number of oxazole rings is 1. The van der Waals surface area contributed by atoms with E-state index < -0.39 is 6.10 Å². The molecule has 0 fully saturated rings. The third kappa shape index (κ3) is 2.58. The summed E-state index contributed by atoms with van der Waals surface area (Å²) in [4.78, 5) is 23.5. The van der Waals surface area contributed by atoms with Gasteiger partial charge in [0.05, 0.1) is 16.7 Å². The van der Waals surface area contributed by atoms with Crippen LogP contribution in [0.2, 0.25) is 0 Å². The molecule has 0 radical (unpaired) electrons. The maximum atomic E-state index is 12.2. The Bertz CT molecular complexity index is 848. The number of rotatable bonds is 3. The molecule has 0 aliphatic carbocycles. The van der Waals surface area contributed by atoms with Crippen LogP contribution < -0.4 is 5.32 Å². The highest BCUT2D eigenvalue weighted by molar-refractivity contribution is 6.03. The van der Waals surface area contributed by atoms with Crippen LogP contribution in [0.5, 0.6) is 0 Å². The Balaban J connectivity index is 1.87. The van der Waals surface area contributed by atoms with E-state index in [9.17, 15) is 9.90 Å². The SMILES string of the molecule is Cc1nc(C)c(C(=O)Nc2ccc3nc(C(C)O)[nH]c3c2)o1. The molecule has 1 aromatic carbocycles. The maximum absolute atomic E-state index is 12.2. The predicted octanol–water partition coefficient (Wildman–Crippen LogP) is 2.47. The van der Waals surface area contributed by atoms with Gasteiger partial charge in [-0.1, -0.05) is 0 Å². The van der Waals surface area contributed by atoms with Gasteiger partial charge in [0, 0.05) is 12.6 Å². The zero-order chi connectivity index (χ0) is 15.9. The van der Waals surface area contributed by atoms with Gasteiger partial charge in [0.2, 0.25) is 5.76 Å². The van der Waals surface area contributed by atoms with E-state index in [1.807, 2.05) is 0 Å². The molecule has 1 atom stereocenters. The van der Waals surface area contributed by atoms with Crippen molar-refractivity contribution in [2.45, 2.75) is 26.9 Å². The number of aliphatic hydroxyl groups excluding tert-OH is 1. The largest absolute Gasteiger partial charge is 0.436 e. The lowest BCUT2D eigenvalue weighted by Gasteiger charge is -2.03. The van der Waals surface area contributed by atoms with Gasteiger partial charge in [-0.2, -0.15) is 0 Å². The standard InChI is InChI=1S/C15H16N4O3/c1-7-13(22-9(3)16-7)15(21)17-10-4-5-11-12(6-10)19-14(18-11)8(2)20/h4-6,8,20H,1-3H3,(H,17,21)(H,18,19). The van der Waals surface area contributed by atoms with Crippen LogP contribution in [-0.2, 0) is 0 Å². The monoisotopic (exact) mass is 300 g/mol. The number of hydrogen-bond acceptors (Lipinski definition) is 5. The number of carbonyl (C=O) groups is 1. The molecule has 3 rings (SSSR count). The Morgan fingerprint density at radius 2 is 2.14 bits per heavy atom. The minimum Gasteiger partial charge on any atom is -0.436 e. The quantitative estimate of drug-likeness (QED) is 0.689. The van der Waals surface area contributed by atoms with Gasteiger partial charge in [0.25, 0.3) is 5.91 Å². The second kappa shape index (κ2) is 5.27. The number of anilines is 1. The van der Waals surface area contributed by atoms with Gasteiger partial charge in [-0.3, -0.25) is 4.79 Å². The molecule has 0 spiro atoms. The second-order valence-corrected chi connectivity index (χ2v) is 5.13. The van der Waals surface area contributed by atoms with Gasteiger partial charge in [0.1, 0.15) is 11.9 Å². The van der Waals surface area contributed by atoms with E-state index >= 15 is 0 Å². The van der Waals surface area contributed by atoms with Crippen LogP contribution in [0, 0.1) is 13.8 Å². The average molecular weight is 300 g/mol. The maximum Gasteiger partial charge on any atom is 0.293 e. The van der Waals surface area contributed by atoms with Crippen LogP contribution in [-0.4, -0.2) is 26.0 Å². The van der Waals surface area contributed by atoms with Gasteiger partial charge < -0.3 is 19.8 Å². The fraction of sp³-hybridized carbons (Fsp3) is 0.267. The average Bonchev–Trinajstić information content (AvgIpc) is 3.01. The third-order valence-electron chi connectivity index (χ3n) is 3.26. The molecular formula is C15H16N4O3. The fourth-order valence-electron chi connectivity index (χ4n) is 2.23. The number of carbonyl (C=O) groups excluding carboxylic acids is 1. The summed E-state index contributed by atoms with van der Waals surface area (Å²) in [5, 5.41) is 12.3. The summed E-state index contributed by atoms with van der Waals surface area (Å²) in [5.41, 5.74) is 2.61. The van der Waals surface area contributed by atoms with Crippen molar-refractivity contribution in [3.63, 3.8) is 0 Å². The van der Waals surface area contributed by atoms with Crippen molar-refractivity contribution in [3.05, 3.63) is 41.4 Å². The summed E-state index contributed by atoms with van der Waals surface area (Å²) < 4.78 is 5.29. The van der Waals surface area contributed by atoms with E-state index in [0.717, 1.165) is 11.0 Å². The van der Waals surface area contributed by atoms with Gasteiger partial charge >= 0.3 is 0 Å². The van der Waals surface area contributed by atoms with E-state index in [0.29, 0.717) is 23.1 Å². The molecule has 3 N–H and O–H groups in total. The smallest absolute Gasteiger partial charge is 0.293 e. The molecule has 2 heterocycles. The normalized spacial score (nSPS) is 12.5. The summed E-state index contributed by atoms with van der Waals surface area (Å²) >= 11 is 0. The number of nitrogens with one attached hydrogen (secondary N) is 2. The summed E-state index contributed by atoms with van der Waals surface area (Å²) in [7, 11) is 0. The fourth-order valence-corrected chi connectivity index (χ4v) is 2.23. The first-order valence-electron chi connectivity index (χ1n) is 6.87. The van der Waals surface area contributed by atoms with E-state index in [-0.39, 0.29) is 11.7 Å². The zero-order valence-corrected chi connectivity index (χ0v) is 12.5. The van der Waals surface area contributed by atoms with Crippen LogP contribution in [0.15, 0.2) is 22.6 Å². The summed E-state index contributed by atoms with van der Waals surface area (Å²) in [5.74, 6) is 0.785. The van der Waals surface area contributed by atoms with E-state index in [1.54, 1.807) is 39.0 Å². The highest BCUT2D eigenvalue weighted by atomic mass is 16.4. The first-order chi connectivity index (χ1) is 10.4. The third-order valence-corrected chi connectivity index (χ3v) is 3.26. The van der Waals surface area contributed by atoms with E-state index in [2.05, 4.69) is 20.3 Å². The number of nitrogens with zero attached hydrogens (tertiary/aromatic N) is 2. The molecule has 1 unspecified atom stereocenters. The number of fused-ring (bicyclic) bond motifs is 1. The highest BCUT2D eigenvalue weighted by Crippen LogP contribution is 2.21. The van der Waals surface area contributed by atoms with Crippen molar-refractivity contribution in [2.24, 2.45) is 0 Å². The highest BCUT2D eigenvalue weighted by Gasteiger charge is 2.16. The topological polar surface area (TPSA) is 104 Å². The predicted molar refractivity (Wildman–Crippen MR) is 80.7 cm³/mol. The minimum atomic E-state index is -0.676. The van der Waals surface area contributed by atoms with Crippen LogP contribution >= 0.6 is 0 Å². The van der Waals surface area contributed by atoms with Crippen LogP contribution in [0.1, 0.15) is 41.0 Å². The second-order valence-electron chi connectivity index (χ2n) is 5.13. The number of aliphatic hydroxyl groups is 1. The number of aryl methyl sites for hydroxylation is 2. The first-order valence-corrected chi connectivity index (χ1v) is 6.87. The molecule has 0 aliphatic rings. The van der Waals surface area contributed by atoms with E-state index in [1.165, 1.54) is 0 Å². The van der Waals surface area contributed by atoms with Crippen LogP contribution in [0.25, 0.3) is 11.0 Å². The molecule has 0 bridgehead atoms. The molecule has 114 valence electrons. The number of hydrogen-bond donors (Lipinski definition) is 3. The summed E-state index contributed by atoms with van der Waals surface area (Å²) in [6.07, 6.45) is -0.676. The molecular weight excluding hydrogens is 284 g/mol. The number of aromatic amines is 1. The molecule has 0 saturated carbocycles. The first kappa shape index (κ1) is 14.3. The van der Waals surface area contributed by atoms with Gasteiger partial charge in [0.15, 0.2) is 5.89 Å². The summed E-state index contributed by atoms with van der Waals surface area (Å²) in [6.45, 7) is 5.05. The van der Waals surface area contributed by atoms with Crippen molar-refractivity contribution in [1.82, 2.24) is 15.0 Å². The molecule has 1 amide bonds. The lowest BCUT2D eigenvalue weighted by molar-refractivity contribution is 0.0994. The Morgan fingerprint density at radius 1 is 1.36 bits per heavy atom. The number of benzene rings is 1. The molecule has 7 nitrogen and oxygen atoms in total. The number of imidazole rings is 1. The number of aromatic nitrogens is 3. The van der Waals surface area contributed by atoms with Crippen molar-refractivity contribution >= 4 is 22.6 Å². The lowest BCUT2D eigenvalue weighted by atomic mass is 10.2. The van der Waals surface area contributed by atoms with Gasteiger partial charge in [-0.25, -0.2) is 9.97 Å². The van der Waals surface area contributed by atoms with Crippen LogP contribution in [0.3, 0.4) is 0 Å². The minimum absolute atomic E-state index is 0.201. The number of amides is 1. The molecule has 2 aromatic heterocycles. The molecule has 0 saturated heterocycles. The van der Waals surface area contributed by atoms with E-state index in [4.69, 9.17) is 4.42 Å². The van der Waals surface area contributed by atoms with Crippen molar-refractivity contribution in [1.29, 1.82) is 0 Å². The van der Waals surface area contributed by atoms with Gasteiger partial charge in [-0.15, -0.1) is 0 Å². The molecule has 0 aliphatic heterocycles. The number of H-pyrrole nitrogens is 1. The zero-order valence-electron chi connectivity index (χ0n) is 12.5. The Hall–Kier alpha value is -2.67. The molecule has 7 heteroatoms. The van der Waals surface area contributed by atoms with Crippen molar-refractivity contribution in [2.75, 3.05) is 5.32 Å². The Morgan fingerprint density at radius 3 is 2.77 bits per heavy atom. The summed E-state index contributed by atoms with van der Waals surface area (Å²) in [6, 6.07) is 5.27. The Kier molecular flexibility index (Phi) is 3.42. The molecule has 3 aromatic rings. The van der Waals surface area contributed by atoms with Crippen molar-refractivity contribution < 1.29 is 14.3 Å². The lowest BCUT2D eigenvalue weighted by Crippen LogP contribution is -2.12.